The molecular formula is C7H13N3OS2. The molecule has 0 saturated heterocycles. The molecule has 0 unspecified atom stereocenters. The topological polar surface area (TPSA) is 47.0 Å². The van der Waals surface area contributed by atoms with Crippen LogP contribution in [0.4, 0.5) is 0 Å². The van der Waals surface area contributed by atoms with Gasteiger partial charge in [0.1, 0.15) is 5.51 Å². The molecule has 0 bridgehead atoms. The van der Waals surface area contributed by atoms with Crippen molar-refractivity contribution in [3.05, 3.63) is 5.51 Å². The zero-order valence-electron chi connectivity index (χ0n) is 7.52. The first-order valence-corrected chi connectivity index (χ1v) is 5.88. The fourth-order valence-corrected chi connectivity index (χ4v) is 2.19. The van der Waals surface area contributed by atoms with E-state index in [1.807, 2.05) is 0 Å². The fourth-order valence-electron chi connectivity index (χ4n) is 0.736. The first-order chi connectivity index (χ1) is 6.43. The van der Waals surface area contributed by atoms with Crippen LogP contribution < -0.4 is 5.32 Å². The highest BCUT2D eigenvalue weighted by Gasteiger charge is 1.95. The second-order valence-corrected chi connectivity index (χ2v) is 4.47. The molecule has 0 aliphatic heterocycles. The first-order valence-electron chi connectivity index (χ1n) is 4.02. The van der Waals surface area contributed by atoms with Gasteiger partial charge in [0.2, 0.25) is 0 Å². The van der Waals surface area contributed by atoms with Crippen molar-refractivity contribution in [2.75, 3.05) is 32.6 Å². The number of nitrogens with one attached hydrogen (secondary N) is 1. The average molecular weight is 219 g/mol. The molecular weight excluding hydrogens is 206 g/mol. The Balaban J connectivity index is 1.90. The Bertz CT molecular complexity index is 206. The molecule has 0 radical (unpaired) electrons. The molecule has 0 saturated carbocycles. The molecule has 0 aromatic carbocycles. The van der Waals surface area contributed by atoms with E-state index in [2.05, 4.69) is 15.5 Å². The SMILES string of the molecule is COCCNCCSc1nncs1. The van der Waals surface area contributed by atoms with E-state index in [9.17, 15) is 0 Å². The normalized spacial score (nSPS) is 10.5. The minimum Gasteiger partial charge on any atom is -0.383 e. The third-order valence-corrected chi connectivity index (χ3v) is 3.19. The molecule has 74 valence electrons. The van der Waals surface area contributed by atoms with E-state index in [1.54, 1.807) is 35.7 Å². The van der Waals surface area contributed by atoms with E-state index in [0.29, 0.717) is 0 Å². The summed E-state index contributed by atoms with van der Waals surface area (Å²) >= 11 is 3.31. The molecule has 13 heavy (non-hydrogen) atoms. The third-order valence-electron chi connectivity index (χ3n) is 1.33. The second-order valence-electron chi connectivity index (χ2n) is 2.30. The summed E-state index contributed by atoms with van der Waals surface area (Å²) in [4.78, 5) is 0. The van der Waals surface area contributed by atoms with Gasteiger partial charge in [0.15, 0.2) is 4.34 Å². The largest absolute Gasteiger partial charge is 0.383 e. The molecule has 0 fully saturated rings. The van der Waals surface area contributed by atoms with E-state index in [-0.39, 0.29) is 0 Å². The highest BCUT2D eigenvalue weighted by atomic mass is 32.2. The zero-order chi connectivity index (χ0) is 9.36. The van der Waals surface area contributed by atoms with Gasteiger partial charge in [0.05, 0.1) is 6.61 Å². The maximum Gasteiger partial charge on any atom is 0.174 e. The van der Waals surface area contributed by atoms with Crippen LogP contribution in [0, 0.1) is 0 Å². The van der Waals surface area contributed by atoms with E-state index >= 15 is 0 Å². The molecule has 0 aliphatic carbocycles. The molecule has 0 amide bonds. The summed E-state index contributed by atoms with van der Waals surface area (Å²) in [6.45, 7) is 2.66. The molecule has 0 atom stereocenters. The molecule has 0 aliphatic rings. The maximum atomic E-state index is 4.90. The molecule has 1 heterocycles. The number of nitrogens with zero attached hydrogens (tertiary/aromatic N) is 2. The molecule has 1 aromatic rings. The predicted octanol–water partition coefficient (Wildman–Crippen LogP) is 0.866. The van der Waals surface area contributed by atoms with E-state index in [0.717, 1.165) is 29.8 Å². The minimum atomic E-state index is 0.767. The number of aromatic nitrogens is 2. The van der Waals surface area contributed by atoms with Crippen LogP contribution in [0.5, 0.6) is 0 Å². The Labute approximate surface area is 86.1 Å². The smallest absolute Gasteiger partial charge is 0.174 e. The lowest BCUT2D eigenvalue weighted by Crippen LogP contribution is -2.21. The zero-order valence-corrected chi connectivity index (χ0v) is 9.16. The maximum absolute atomic E-state index is 4.90. The van der Waals surface area contributed by atoms with Crippen LogP contribution in [0.2, 0.25) is 0 Å². The van der Waals surface area contributed by atoms with Crippen molar-refractivity contribution in [1.82, 2.24) is 15.5 Å². The van der Waals surface area contributed by atoms with Crippen LogP contribution in [-0.4, -0.2) is 42.8 Å². The second kappa shape index (κ2) is 7.25. The Kier molecular flexibility index (Phi) is 6.09. The van der Waals surface area contributed by atoms with E-state index in [1.165, 1.54) is 0 Å². The fraction of sp³-hybridized carbons (Fsp3) is 0.714. The lowest BCUT2D eigenvalue weighted by atomic mass is 10.6. The summed E-state index contributed by atoms with van der Waals surface area (Å²) in [6.07, 6.45) is 0. The summed E-state index contributed by atoms with van der Waals surface area (Å²) in [5.74, 6) is 1.03. The highest BCUT2D eigenvalue weighted by Crippen LogP contribution is 2.17. The number of hydrogen-bond donors (Lipinski definition) is 1. The van der Waals surface area contributed by atoms with Crippen LogP contribution in [0.25, 0.3) is 0 Å². The van der Waals surface area contributed by atoms with Gasteiger partial charge in [-0.05, 0) is 0 Å². The molecule has 0 spiro atoms. The van der Waals surface area contributed by atoms with Gasteiger partial charge in [0.25, 0.3) is 0 Å². The standard InChI is InChI=1S/C7H13N3OS2/c1-11-4-2-8-3-5-12-7-10-9-6-13-7/h6,8H,2-5H2,1H3. The van der Waals surface area contributed by atoms with Gasteiger partial charge >= 0.3 is 0 Å². The van der Waals surface area contributed by atoms with E-state index in [4.69, 9.17) is 4.74 Å². The van der Waals surface area contributed by atoms with Gasteiger partial charge in [-0.3, -0.25) is 0 Å². The first kappa shape index (κ1) is 10.9. The minimum absolute atomic E-state index is 0.767. The van der Waals surface area contributed by atoms with Crippen molar-refractivity contribution < 1.29 is 4.74 Å². The third kappa shape index (κ3) is 5.20. The highest BCUT2D eigenvalue weighted by molar-refractivity contribution is 8.01. The number of ether oxygens (including phenoxy) is 1. The Morgan fingerprint density at radius 1 is 1.62 bits per heavy atom. The van der Waals surface area contributed by atoms with Crippen molar-refractivity contribution in [3.63, 3.8) is 0 Å². The van der Waals surface area contributed by atoms with Crippen molar-refractivity contribution >= 4 is 23.1 Å². The number of hydrogen-bond acceptors (Lipinski definition) is 6. The summed E-state index contributed by atoms with van der Waals surface area (Å²) in [5.41, 5.74) is 1.75. The van der Waals surface area contributed by atoms with Gasteiger partial charge in [-0.2, -0.15) is 0 Å². The predicted molar refractivity (Wildman–Crippen MR) is 55.4 cm³/mol. The van der Waals surface area contributed by atoms with Crippen LogP contribution in [0.15, 0.2) is 9.85 Å². The number of methoxy groups -OCH3 is 1. The van der Waals surface area contributed by atoms with Gasteiger partial charge < -0.3 is 10.1 Å². The van der Waals surface area contributed by atoms with Crippen LogP contribution in [-0.2, 0) is 4.74 Å². The molecule has 1 N–H and O–H groups in total. The number of thioether (sulfide) groups is 1. The summed E-state index contributed by atoms with van der Waals surface area (Å²) in [7, 11) is 1.71. The van der Waals surface area contributed by atoms with Crippen molar-refractivity contribution in [2.45, 2.75) is 4.34 Å². The molecule has 6 heteroatoms. The van der Waals surface area contributed by atoms with Gasteiger partial charge in [-0.15, -0.1) is 10.2 Å². The number of rotatable bonds is 7. The van der Waals surface area contributed by atoms with Crippen molar-refractivity contribution in [3.8, 4) is 0 Å². The molecule has 1 rings (SSSR count). The Morgan fingerprint density at radius 3 is 3.23 bits per heavy atom. The monoisotopic (exact) mass is 219 g/mol. The van der Waals surface area contributed by atoms with Gasteiger partial charge in [-0.1, -0.05) is 23.1 Å². The van der Waals surface area contributed by atoms with E-state index < -0.39 is 0 Å². The van der Waals surface area contributed by atoms with Gasteiger partial charge in [-0.25, -0.2) is 0 Å². The summed E-state index contributed by atoms with van der Waals surface area (Å²) in [6, 6.07) is 0. The Hall–Kier alpha value is -0.170. The van der Waals surface area contributed by atoms with Crippen LogP contribution in [0.3, 0.4) is 0 Å². The van der Waals surface area contributed by atoms with Crippen LogP contribution >= 0.6 is 23.1 Å². The van der Waals surface area contributed by atoms with Gasteiger partial charge in [0, 0.05) is 26.0 Å². The lowest BCUT2D eigenvalue weighted by Gasteiger charge is -2.01. The van der Waals surface area contributed by atoms with Crippen molar-refractivity contribution in [2.24, 2.45) is 0 Å². The lowest BCUT2D eigenvalue weighted by molar-refractivity contribution is 0.200. The quantitative estimate of drug-likeness (QED) is 0.544. The average Bonchev–Trinajstić information content (AvgIpc) is 2.63. The van der Waals surface area contributed by atoms with Crippen molar-refractivity contribution in [1.29, 1.82) is 0 Å². The summed E-state index contributed by atoms with van der Waals surface area (Å²) < 4.78 is 5.94. The Morgan fingerprint density at radius 2 is 2.54 bits per heavy atom. The molecule has 1 aromatic heterocycles. The summed E-state index contributed by atoms with van der Waals surface area (Å²) in [5, 5.41) is 10.9. The molecule has 4 nitrogen and oxygen atoms in total. The van der Waals surface area contributed by atoms with Crippen LogP contribution in [0.1, 0.15) is 0 Å².